The Labute approximate surface area is 142 Å². The molecule has 0 aromatic rings. The fraction of sp³-hybridized carbons (Fsp3) is 0.824. The third-order valence-corrected chi connectivity index (χ3v) is 5.67. The lowest BCUT2D eigenvalue weighted by molar-refractivity contribution is -0.148. The van der Waals surface area contributed by atoms with Gasteiger partial charge in [0.2, 0.25) is 5.91 Å². The Morgan fingerprint density at radius 3 is 2.17 bits per heavy atom. The van der Waals surface area contributed by atoms with E-state index in [4.69, 9.17) is 0 Å². The summed E-state index contributed by atoms with van der Waals surface area (Å²) in [5.74, 6) is -1.45. The van der Waals surface area contributed by atoms with Crippen LogP contribution in [0.15, 0.2) is 0 Å². The first-order valence-electron chi connectivity index (χ1n) is 9.11. The van der Waals surface area contributed by atoms with Gasteiger partial charge in [-0.2, -0.15) is 0 Å². The second kappa shape index (κ2) is 6.99. The van der Waals surface area contributed by atoms with Gasteiger partial charge >= 0.3 is 12.0 Å². The molecule has 134 valence electrons. The molecule has 24 heavy (non-hydrogen) atoms. The van der Waals surface area contributed by atoms with E-state index in [1.54, 1.807) is 4.90 Å². The highest BCUT2D eigenvalue weighted by atomic mass is 16.4. The number of nitrogens with zero attached hydrogens (tertiary/aromatic N) is 2. The van der Waals surface area contributed by atoms with E-state index in [1.165, 1.54) is 0 Å². The first kappa shape index (κ1) is 17.0. The summed E-state index contributed by atoms with van der Waals surface area (Å²) in [6.07, 6.45) is 6.25. The Balaban J connectivity index is 1.60. The molecule has 1 saturated carbocycles. The van der Waals surface area contributed by atoms with Crippen LogP contribution in [0.25, 0.3) is 0 Å². The van der Waals surface area contributed by atoms with E-state index in [0.717, 1.165) is 45.2 Å². The van der Waals surface area contributed by atoms with E-state index in [1.807, 2.05) is 4.90 Å². The lowest BCUT2D eigenvalue weighted by Crippen LogP contribution is -2.56. The summed E-state index contributed by atoms with van der Waals surface area (Å²) in [6, 6.07) is 0.0267. The molecule has 3 rings (SSSR count). The Kier molecular flexibility index (Phi) is 4.96. The van der Waals surface area contributed by atoms with Gasteiger partial charge in [0.05, 0.1) is 5.92 Å². The molecule has 0 spiro atoms. The van der Waals surface area contributed by atoms with Crippen molar-refractivity contribution in [3.63, 3.8) is 0 Å². The van der Waals surface area contributed by atoms with E-state index >= 15 is 0 Å². The molecule has 2 N–H and O–H groups in total. The molecule has 0 bridgehead atoms. The number of carbonyl (C=O) groups excluding carboxylic acids is 2. The normalized spacial score (nSPS) is 26.4. The van der Waals surface area contributed by atoms with E-state index in [9.17, 15) is 19.5 Å². The maximum atomic E-state index is 12.6. The van der Waals surface area contributed by atoms with Crippen molar-refractivity contribution < 1.29 is 19.5 Å². The minimum atomic E-state index is -1.10. The molecule has 1 aliphatic carbocycles. The van der Waals surface area contributed by atoms with Crippen molar-refractivity contribution in [1.29, 1.82) is 0 Å². The van der Waals surface area contributed by atoms with Crippen molar-refractivity contribution in [2.45, 2.75) is 56.9 Å². The largest absolute Gasteiger partial charge is 0.480 e. The molecule has 1 atom stereocenters. The van der Waals surface area contributed by atoms with Crippen molar-refractivity contribution in [3.05, 3.63) is 0 Å². The Bertz CT molecular complexity index is 510. The molecule has 0 aromatic carbocycles. The summed E-state index contributed by atoms with van der Waals surface area (Å²) in [5, 5.41) is 12.3. The molecule has 1 unspecified atom stereocenters. The number of rotatable bonds is 3. The summed E-state index contributed by atoms with van der Waals surface area (Å²) in [7, 11) is 0. The molecule has 3 fully saturated rings. The van der Waals surface area contributed by atoms with Crippen molar-refractivity contribution in [3.8, 4) is 0 Å². The zero-order valence-corrected chi connectivity index (χ0v) is 14.1. The maximum Gasteiger partial charge on any atom is 0.329 e. The van der Waals surface area contributed by atoms with Crippen LogP contribution >= 0.6 is 0 Å². The molecule has 7 heteroatoms. The van der Waals surface area contributed by atoms with Gasteiger partial charge in [-0.3, -0.25) is 4.79 Å². The van der Waals surface area contributed by atoms with Gasteiger partial charge in [0, 0.05) is 26.2 Å². The number of aliphatic carboxylic acids is 1. The first-order valence-corrected chi connectivity index (χ1v) is 9.11. The maximum absolute atomic E-state index is 12.6. The number of carboxylic acids is 1. The number of amides is 3. The standard InChI is InChI=1S/C17H27N3O4/c21-14(18-17(15(22)23)7-1-2-8-17)13-6-5-11-20(12-13)16(24)19-9-3-4-10-19/h13H,1-12H2,(H,18,21)(H,22,23). The highest BCUT2D eigenvalue weighted by Gasteiger charge is 2.44. The van der Waals surface area contributed by atoms with Crippen LogP contribution in [0.3, 0.4) is 0 Å². The van der Waals surface area contributed by atoms with Crippen molar-refractivity contribution >= 4 is 17.9 Å². The quantitative estimate of drug-likeness (QED) is 0.815. The highest BCUT2D eigenvalue weighted by molar-refractivity contribution is 5.89. The van der Waals surface area contributed by atoms with Gasteiger partial charge in [-0.25, -0.2) is 9.59 Å². The monoisotopic (exact) mass is 337 g/mol. The summed E-state index contributed by atoms with van der Waals surface area (Å²) >= 11 is 0. The lowest BCUT2D eigenvalue weighted by Gasteiger charge is -2.36. The molecule has 3 aliphatic rings. The van der Waals surface area contributed by atoms with Crippen molar-refractivity contribution in [1.82, 2.24) is 15.1 Å². The Morgan fingerprint density at radius 2 is 1.54 bits per heavy atom. The van der Waals surface area contributed by atoms with E-state index < -0.39 is 11.5 Å². The average Bonchev–Trinajstić information content (AvgIpc) is 3.26. The molecule has 2 heterocycles. The number of nitrogens with one attached hydrogen (secondary N) is 1. The zero-order chi connectivity index (χ0) is 17.2. The van der Waals surface area contributed by atoms with Crippen molar-refractivity contribution in [2.75, 3.05) is 26.2 Å². The molecule has 7 nitrogen and oxygen atoms in total. The number of likely N-dealkylation sites (tertiary alicyclic amines) is 2. The SMILES string of the molecule is O=C(NC1(C(=O)O)CCCC1)C1CCCN(C(=O)N2CCCC2)C1. The van der Waals surface area contributed by atoms with Crippen LogP contribution in [0.1, 0.15) is 51.4 Å². The van der Waals surface area contributed by atoms with Crippen molar-refractivity contribution in [2.24, 2.45) is 5.92 Å². The zero-order valence-electron chi connectivity index (χ0n) is 14.1. The summed E-state index contributed by atoms with van der Waals surface area (Å²) in [6.45, 7) is 2.68. The topological polar surface area (TPSA) is 90.0 Å². The van der Waals surface area contributed by atoms with Crippen LogP contribution in [0.2, 0.25) is 0 Å². The Morgan fingerprint density at radius 1 is 0.917 bits per heavy atom. The van der Waals surface area contributed by atoms with Crippen LogP contribution in [0.4, 0.5) is 4.79 Å². The molecule has 2 saturated heterocycles. The molecule has 0 radical (unpaired) electrons. The number of hydrogen-bond donors (Lipinski definition) is 2. The van der Waals surface area contributed by atoms with E-state index in [-0.39, 0.29) is 17.9 Å². The second-order valence-corrected chi connectivity index (χ2v) is 7.35. The van der Waals surface area contributed by atoms with Crippen LogP contribution in [0.5, 0.6) is 0 Å². The smallest absolute Gasteiger partial charge is 0.329 e. The molecular weight excluding hydrogens is 310 g/mol. The van der Waals surface area contributed by atoms with Gasteiger partial charge in [0.15, 0.2) is 0 Å². The van der Waals surface area contributed by atoms with Gasteiger partial charge in [0.25, 0.3) is 0 Å². The third-order valence-electron chi connectivity index (χ3n) is 5.67. The van der Waals surface area contributed by atoms with Crippen LogP contribution in [0, 0.1) is 5.92 Å². The summed E-state index contributed by atoms with van der Waals surface area (Å²) in [5.41, 5.74) is -1.10. The van der Waals surface area contributed by atoms with Gasteiger partial charge in [-0.1, -0.05) is 12.8 Å². The lowest BCUT2D eigenvalue weighted by atomic mass is 9.93. The highest BCUT2D eigenvalue weighted by Crippen LogP contribution is 2.31. The predicted octanol–water partition coefficient (Wildman–Crippen LogP) is 1.43. The number of piperidine rings is 1. The fourth-order valence-corrected chi connectivity index (χ4v) is 4.18. The molecule has 0 aromatic heterocycles. The van der Waals surface area contributed by atoms with Crippen LogP contribution < -0.4 is 5.32 Å². The molecule has 2 aliphatic heterocycles. The molecule has 3 amide bonds. The van der Waals surface area contributed by atoms with E-state index in [2.05, 4.69) is 5.32 Å². The van der Waals surface area contributed by atoms with Gasteiger partial charge in [-0.05, 0) is 38.5 Å². The molecular formula is C17H27N3O4. The number of urea groups is 1. The number of carboxylic acid groups (broad SMARTS) is 1. The van der Waals surface area contributed by atoms with Crippen LogP contribution in [-0.2, 0) is 9.59 Å². The minimum absolute atomic E-state index is 0.0267. The van der Waals surface area contributed by atoms with E-state index in [0.29, 0.717) is 32.4 Å². The third kappa shape index (κ3) is 3.35. The fourth-order valence-electron chi connectivity index (χ4n) is 4.18. The average molecular weight is 337 g/mol. The van der Waals surface area contributed by atoms with Gasteiger partial charge in [-0.15, -0.1) is 0 Å². The second-order valence-electron chi connectivity index (χ2n) is 7.35. The number of hydrogen-bond acceptors (Lipinski definition) is 3. The van der Waals surface area contributed by atoms with Crippen LogP contribution in [-0.4, -0.2) is 64.5 Å². The number of carbonyl (C=O) groups is 3. The minimum Gasteiger partial charge on any atom is -0.480 e. The van der Waals surface area contributed by atoms with Gasteiger partial charge < -0.3 is 20.2 Å². The Hall–Kier alpha value is -1.79. The predicted molar refractivity (Wildman–Crippen MR) is 87.5 cm³/mol. The summed E-state index contributed by atoms with van der Waals surface area (Å²) in [4.78, 5) is 40.4. The summed E-state index contributed by atoms with van der Waals surface area (Å²) < 4.78 is 0. The first-order chi connectivity index (χ1) is 11.5. The van der Waals surface area contributed by atoms with Gasteiger partial charge in [0.1, 0.15) is 5.54 Å².